The maximum absolute atomic E-state index is 5.53. The van der Waals surface area contributed by atoms with Crippen molar-refractivity contribution in [2.45, 2.75) is 39.0 Å². The minimum Gasteiger partial charge on any atom is -0.376 e. The van der Waals surface area contributed by atoms with E-state index in [9.17, 15) is 0 Å². The molecule has 1 fully saturated rings. The lowest BCUT2D eigenvalue weighted by Gasteiger charge is -2.13. The minimum absolute atomic E-state index is 0.297. The zero-order valence-electron chi connectivity index (χ0n) is 11.0. The molecule has 1 atom stereocenters. The third kappa shape index (κ3) is 4.43. The van der Waals surface area contributed by atoms with Gasteiger partial charge in [0.2, 0.25) is 0 Å². The van der Waals surface area contributed by atoms with Gasteiger partial charge in [0.05, 0.1) is 22.8 Å². The molecule has 1 unspecified atom stereocenters. The summed E-state index contributed by atoms with van der Waals surface area (Å²) >= 11 is 8.73. The first-order chi connectivity index (χ1) is 9.19. The van der Waals surface area contributed by atoms with E-state index in [2.05, 4.69) is 38.6 Å². The zero-order valence-corrected chi connectivity index (χ0v) is 13.4. The van der Waals surface area contributed by atoms with Crippen LogP contribution in [0.3, 0.4) is 0 Å². The summed E-state index contributed by atoms with van der Waals surface area (Å²) in [4.78, 5) is 0. The number of thiocarbonyl (C=S) groups is 1. The van der Waals surface area contributed by atoms with Gasteiger partial charge in [-0.3, -0.25) is 4.68 Å². The van der Waals surface area contributed by atoms with E-state index in [0.717, 1.165) is 42.7 Å². The van der Waals surface area contributed by atoms with Gasteiger partial charge in [0.25, 0.3) is 0 Å². The monoisotopic (exact) mass is 346 g/mol. The Morgan fingerprint density at radius 1 is 1.63 bits per heavy atom. The van der Waals surface area contributed by atoms with Crippen molar-refractivity contribution < 1.29 is 4.74 Å². The SMILES string of the molecule is CCn1cc(Br)c(CNC(=S)NCC2CCCO2)n1. The molecule has 1 aromatic heterocycles. The number of nitrogens with one attached hydrogen (secondary N) is 2. The van der Waals surface area contributed by atoms with Gasteiger partial charge in [-0.05, 0) is 47.9 Å². The second-order valence-corrected chi connectivity index (χ2v) is 5.74. The lowest BCUT2D eigenvalue weighted by molar-refractivity contribution is 0.114. The van der Waals surface area contributed by atoms with Crippen LogP contribution in [0.5, 0.6) is 0 Å². The summed E-state index contributed by atoms with van der Waals surface area (Å²) in [5.41, 5.74) is 0.961. The largest absolute Gasteiger partial charge is 0.376 e. The van der Waals surface area contributed by atoms with Crippen molar-refractivity contribution in [2.24, 2.45) is 0 Å². The van der Waals surface area contributed by atoms with Crippen molar-refractivity contribution in [3.8, 4) is 0 Å². The smallest absolute Gasteiger partial charge is 0.166 e. The summed E-state index contributed by atoms with van der Waals surface area (Å²) in [6.45, 7) is 5.18. The molecule has 19 heavy (non-hydrogen) atoms. The molecule has 7 heteroatoms. The van der Waals surface area contributed by atoms with Crippen molar-refractivity contribution in [1.82, 2.24) is 20.4 Å². The van der Waals surface area contributed by atoms with E-state index in [-0.39, 0.29) is 0 Å². The lowest BCUT2D eigenvalue weighted by Crippen LogP contribution is -2.39. The number of hydrogen-bond acceptors (Lipinski definition) is 3. The molecule has 0 aliphatic carbocycles. The molecule has 106 valence electrons. The van der Waals surface area contributed by atoms with Crippen molar-refractivity contribution in [2.75, 3.05) is 13.2 Å². The summed E-state index contributed by atoms with van der Waals surface area (Å²) < 4.78 is 8.43. The van der Waals surface area contributed by atoms with E-state index in [1.54, 1.807) is 0 Å². The Balaban J connectivity index is 1.71. The number of aryl methyl sites for hydroxylation is 1. The predicted octanol–water partition coefficient (Wildman–Crippen LogP) is 1.81. The fourth-order valence-corrected chi connectivity index (χ4v) is 2.57. The van der Waals surface area contributed by atoms with E-state index < -0.39 is 0 Å². The highest BCUT2D eigenvalue weighted by molar-refractivity contribution is 9.10. The van der Waals surface area contributed by atoms with Crippen LogP contribution in [-0.2, 0) is 17.8 Å². The molecule has 0 spiro atoms. The number of nitrogens with zero attached hydrogens (tertiary/aromatic N) is 2. The molecule has 1 aliphatic rings. The minimum atomic E-state index is 0.297. The highest BCUT2D eigenvalue weighted by Gasteiger charge is 2.15. The number of ether oxygens (including phenoxy) is 1. The Labute approximate surface area is 127 Å². The molecular formula is C12H19BrN4OS. The zero-order chi connectivity index (χ0) is 13.7. The maximum atomic E-state index is 5.53. The van der Waals surface area contributed by atoms with Crippen molar-refractivity contribution >= 4 is 33.3 Å². The van der Waals surface area contributed by atoms with Gasteiger partial charge in [-0.15, -0.1) is 0 Å². The molecule has 2 heterocycles. The molecule has 1 aromatic rings. The van der Waals surface area contributed by atoms with Gasteiger partial charge in [0, 0.05) is 25.9 Å². The second-order valence-electron chi connectivity index (χ2n) is 4.48. The number of halogens is 1. The maximum Gasteiger partial charge on any atom is 0.166 e. The van der Waals surface area contributed by atoms with Crippen LogP contribution in [-0.4, -0.2) is 34.1 Å². The highest BCUT2D eigenvalue weighted by Crippen LogP contribution is 2.14. The Kier molecular flexibility index (Phi) is 5.59. The topological polar surface area (TPSA) is 51.1 Å². The first-order valence-electron chi connectivity index (χ1n) is 6.54. The average molecular weight is 347 g/mol. The van der Waals surface area contributed by atoms with Crippen molar-refractivity contribution in [1.29, 1.82) is 0 Å². The van der Waals surface area contributed by atoms with Crippen LogP contribution in [0.1, 0.15) is 25.5 Å². The molecule has 0 aromatic carbocycles. The van der Waals surface area contributed by atoms with E-state index in [1.807, 2.05) is 10.9 Å². The van der Waals surface area contributed by atoms with Gasteiger partial charge >= 0.3 is 0 Å². The Hall–Kier alpha value is -0.660. The van der Waals surface area contributed by atoms with Crippen LogP contribution in [0, 0.1) is 0 Å². The Morgan fingerprint density at radius 3 is 3.11 bits per heavy atom. The molecule has 1 saturated heterocycles. The van der Waals surface area contributed by atoms with E-state index in [0.29, 0.717) is 17.8 Å². The summed E-state index contributed by atoms with van der Waals surface area (Å²) in [5.74, 6) is 0. The molecule has 1 aliphatic heterocycles. The fourth-order valence-electron chi connectivity index (χ4n) is 1.96. The van der Waals surface area contributed by atoms with Crippen LogP contribution in [0.25, 0.3) is 0 Å². The Bertz CT molecular complexity index is 431. The molecular weight excluding hydrogens is 328 g/mol. The summed E-state index contributed by atoms with van der Waals surface area (Å²) in [6, 6.07) is 0. The summed E-state index contributed by atoms with van der Waals surface area (Å²) in [6.07, 6.45) is 4.53. The van der Waals surface area contributed by atoms with E-state index in [1.165, 1.54) is 0 Å². The molecule has 0 amide bonds. The average Bonchev–Trinajstić information content (AvgIpc) is 3.03. The van der Waals surface area contributed by atoms with Gasteiger partial charge in [0.15, 0.2) is 5.11 Å². The molecule has 0 saturated carbocycles. The quantitative estimate of drug-likeness (QED) is 0.796. The lowest BCUT2D eigenvalue weighted by atomic mass is 10.2. The number of hydrogen-bond donors (Lipinski definition) is 2. The number of rotatable bonds is 5. The van der Waals surface area contributed by atoms with Gasteiger partial charge in [-0.2, -0.15) is 5.10 Å². The van der Waals surface area contributed by atoms with Crippen molar-refractivity contribution in [3.05, 3.63) is 16.4 Å². The molecule has 2 rings (SSSR count). The van der Waals surface area contributed by atoms with E-state index >= 15 is 0 Å². The normalized spacial score (nSPS) is 18.5. The first-order valence-corrected chi connectivity index (χ1v) is 7.74. The second kappa shape index (κ2) is 7.21. The third-order valence-electron chi connectivity index (χ3n) is 3.04. The van der Waals surface area contributed by atoms with Crippen LogP contribution in [0.2, 0.25) is 0 Å². The first kappa shape index (κ1) is 14.7. The van der Waals surface area contributed by atoms with Gasteiger partial charge in [0.1, 0.15) is 0 Å². The van der Waals surface area contributed by atoms with Crippen molar-refractivity contribution in [3.63, 3.8) is 0 Å². The predicted molar refractivity (Wildman–Crippen MR) is 82.0 cm³/mol. The van der Waals surface area contributed by atoms with Crippen LogP contribution >= 0.6 is 28.1 Å². The molecule has 5 nitrogen and oxygen atoms in total. The standard InChI is InChI=1S/C12H19BrN4OS/c1-2-17-8-10(13)11(16-17)7-15-12(19)14-6-9-4-3-5-18-9/h8-9H,2-7H2,1H3,(H2,14,15,19). The summed E-state index contributed by atoms with van der Waals surface area (Å²) in [7, 11) is 0. The van der Waals surface area contributed by atoms with Crippen LogP contribution in [0.15, 0.2) is 10.7 Å². The van der Waals surface area contributed by atoms with E-state index in [4.69, 9.17) is 17.0 Å². The van der Waals surface area contributed by atoms with Crippen LogP contribution < -0.4 is 10.6 Å². The van der Waals surface area contributed by atoms with Gasteiger partial charge < -0.3 is 15.4 Å². The van der Waals surface area contributed by atoms with Gasteiger partial charge in [-0.1, -0.05) is 0 Å². The number of aromatic nitrogens is 2. The highest BCUT2D eigenvalue weighted by atomic mass is 79.9. The fraction of sp³-hybridized carbons (Fsp3) is 0.667. The molecule has 0 radical (unpaired) electrons. The molecule has 0 bridgehead atoms. The van der Waals surface area contributed by atoms with Crippen LogP contribution in [0.4, 0.5) is 0 Å². The molecule has 2 N–H and O–H groups in total. The van der Waals surface area contributed by atoms with Gasteiger partial charge in [-0.25, -0.2) is 0 Å². The Morgan fingerprint density at radius 2 is 2.47 bits per heavy atom. The summed E-state index contributed by atoms with van der Waals surface area (Å²) in [5, 5.41) is 11.4. The third-order valence-corrected chi connectivity index (χ3v) is 3.99.